The maximum atomic E-state index is 12.3. The highest BCUT2D eigenvalue weighted by atomic mass is 16.2. The summed E-state index contributed by atoms with van der Waals surface area (Å²) in [5.74, 6) is 0.00611. The average molecular weight is 234 g/mol. The van der Waals surface area contributed by atoms with Crippen LogP contribution in [0.1, 0.15) is 64.2 Å². The van der Waals surface area contributed by atoms with Gasteiger partial charge in [-0.2, -0.15) is 5.26 Å². The SMILES string of the molecule is N#CC1(C(=O)NC2CCCCC2)CCCCC1. The molecule has 2 fully saturated rings. The van der Waals surface area contributed by atoms with Gasteiger partial charge in [-0.3, -0.25) is 4.79 Å². The lowest BCUT2D eigenvalue weighted by atomic mass is 9.74. The Kier molecular flexibility index (Phi) is 4.04. The molecule has 0 bridgehead atoms. The first-order chi connectivity index (χ1) is 8.27. The first-order valence-corrected chi connectivity index (χ1v) is 6.99. The predicted molar refractivity (Wildman–Crippen MR) is 66.1 cm³/mol. The Morgan fingerprint density at radius 1 is 1.06 bits per heavy atom. The van der Waals surface area contributed by atoms with Crippen molar-refractivity contribution in [3.05, 3.63) is 0 Å². The third-order valence-corrected chi connectivity index (χ3v) is 4.30. The molecule has 0 aromatic heterocycles. The smallest absolute Gasteiger partial charge is 0.240 e. The molecule has 3 heteroatoms. The Labute approximate surface area is 104 Å². The lowest BCUT2D eigenvalue weighted by molar-refractivity contribution is -0.130. The summed E-state index contributed by atoms with van der Waals surface area (Å²) in [4.78, 5) is 12.3. The van der Waals surface area contributed by atoms with E-state index in [1.807, 2.05) is 0 Å². The predicted octanol–water partition coefficient (Wildman–Crippen LogP) is 2.91. The Balaban J connectivity index is 1.94. The molecule has 0 aromatic rings. The van der Waals surface area contributed by atoms with Crippen molar-refractivity contribution < 1.29 is 4.79 Å². The van der Waals surface area contributed by atoms with Crippen LogP contribution in [0.4, 0.5) is 0 Å². The first kappa shape index (κ1) is 12.4. The van der Waals surface area contributed by atoms with Gasteiger partial charge in [-0.05, 0) is 25.7 Å². The number of hydrogen-bond acceptors (Lipinski definition) is 2. The average Bonchev–Trinajstić information content (AvgIpc) is 2.40. The van der Waals surface area contributed by atoms with Crippen molar-refractivity contribution in [2.75, 3.05) is 0 Å². The number of nitriles is 1. The largest absolute Gasteiger partial charge is 0.352 e. The lowest BCUT2D eigenvalue weighted by Gasteiger charge is -2.32. The molecule has 0 radical (unpaired) electrons. The van der Waals surface area contributed by atoms with Gasteiger partial charge in [0.05, 0.1) is 6.07 Å². The van der Waals surface area contributed by atoms with Gasteiger partial charge in [-0.1, -0.05) is 38.5 Å². The van der Waals surface area contributed by atoms with E-state index in [-0.39, 0.29) is 5.91 Å². The van der Waals surface area contributed by atoms with Crippen molar-refractivity contribution in [1.82, 2.24) is 5.32 Å². The van der Waals surface area contributed by atoms with Crippen molar-refractivity contribution in [3.63, 3.8) is 0 Å². The van der Waals surface area contributed by atoms with Crippen LogP contribution >= 0.6 is 0 Å². The van der Waals surface area contributed by atoms with Gasteiger partial charge in [0.15, 0.2) is 0 Å². The summed E-state index contributed by atoms with van der Waals surface area (Å²) in [5, 5.41) is 12.4. The van der Waals surface area contributed by atoms with Crippen molar-refractivity contribution in [2.45, 2.75) is 70.3 Å². The van der Waals surface area contributed by atoms with E-state index in [1.165, 1.54) is 25.7 Å². The second-order valence-electron chi connectivity index (χ2n) is 5.56. The van der Waals surface area contributed by atoms with E-state index in [9.17, 15) is 10.1 Å². The zero-order chi connectivity index (χ0) is 12.1. The van der Waals surface area contributed by atoms with Crippen molar-refractivity contribution >= 4 is 5.91 Å². The van der Waals surface area contributed by atoms with Crippen LogP contribution in [0.2, 0.25) is 0 Å². The molecule has 2 saturated carbocycles. The molecule has 0 saturated heterocycles. The monoisotopic (exact) mass is 234 g/mol. The summed E-state index contributed by atoms with van der Waals surface area (Å²) in [6.07, 6.45) is 10.6. The molecule has 1 N–H and O–H groups in total. The van der Waals surface area contributed by atoms with Crippen LogP contribution in [0.3, 0.4) is 0 Å². The Bertz CT molecular complexity index is 307. The second-order valence-corrected chi connectivity index (χ2v) is 5.56. The summed E-state index contributed by atoms with van der Waals surface area (Å²) in [5.41, 5.74) is -0.713. The standard InChI is InChI=1S/C14H22N2O/c15-11-14(9-5-2-6-10-14)13(17)16-12-7-3-1-4-8-12/h12H,1-10H2,(H,16,17). The fourth-order valence-electron chi connectivity index (χ4n) is 3.12. The first-order valence-electron chi connectivity index (χ1n) is 6.99. The van der Waals surface area contributed by atoms with Gasteiger partial charge in [0.1, 0.15) is 5.41 Å². The quantitative estimate of drug-likeness (QED) is 0.798. The van der Waals surface area contributed by atoms with Crippen molar-refractivity contribution in [3.8, 4) is 6.07 Å². The second kappa shape index (κ2) is 5.53. The molecular formula is C14H22N2O. The fraction of sp³-hybridized carbons (Fsp3) is 0.857. The highest BCUT2D eigenvalue weighted by Gasteiger charge is 2.40. The third-order valence-electron chi connectivity index (χ3n) is 4.30. The van der Waals surface area contributed by atoms with Gasteiger partial charge in [0.25, 0.3) is 0 Å². The Morgan fingerprint density at radius 3 is 2.24 bits per heavy atom. The number of carbonyl (C=O) groups excluding carboxylic acids is 1. The maximum absolute atomic E-state index is 12.3. The molecule has 0 spiro atoms. The van der Waals surface area contributed by atoms with E-state index in [4.69, 9.17) is 0 Å². The fourth-order valence-corrected chi connectivity index (χ4v) is 3.12. The van der Waals surface area contributed by atoms with E-state index >= 15 is 0 Å². The summed E-state index contributed by atoms with van der Waals surface area (Å²) < 4.78 is 0. The van der Waals surface area contributed by atoms with Gasteiger partial charge >= 0.3 is 0 Å². The van der Waals surface area contributed by atoms with Crippen LogP contribution in [0.15, 0.2) is 0 Å². The van der Waals surface area contributed by atoms with Crippen molar-refractivity contribution in [2.24, 2.45) is 5.41 Å². The molecule has 2 aliphatic rings. The Hall–Kier alpha value is -1.04. The zero-order valence-electron chi connectivity index (χ0n) is 10.5. The van der Waals surface area contributed by atoms with Crippen LogP contribution in [-0.4, -0.2) is 11.9 Å². The highest BCUT2D eigenvalue weighted by molar-refractivity contribution is 5.85. The number of nitrogens with zero attached hydrogens (tertiary/aromatic N) is 1. The van der Waals surface area contributed by atoms with E-state index in [2.05, 4.69) is 11.4 Å². The van der Waals surface area contributed by atoms with Crippen LogP contribution in [0, 0.1) is 16.7 Å². The summed E-state index contributed by atoms with van der Waals surface area (Å²) in [7, 11) is 0. The number of amides is 1. The molecule has 3 nitrogen and oxygen atoms in total. The third kappa shape index (κ3) is 2.80. The van der Waals surface area contributed by atoms with Crippen molar-refractivity contribution in [1.29, 1.82) is 5.26 Å². The minimum absolute atomic E-state index is 0.00611. The number of hydrogen-bond donors (Lipinski definition) is 1. The summed E-state index contributed by atoms with van der Waals surface area (Å²) >= 11 is 0. The van der Waals surface area contributed by atoms with Crippen LogP contribution in [0.25, 0.3) is 0 Å². The summed E-state index contributed by atoms with van der Waals surface area (Å²) in [6, 6.07) is 2.62. The van der Waals surface area contributed by atoms with Gasteiger partial charge in [0.2, 0.25) is 5.91 Å². The molecule has 0 unspecified atom stereocenters. The number of nitrogens with one attached hydrogen (secondary N) is 1. The van der Waals surface area contributed by atoms with E-state index in [1.54, 1.807) is 0 Å². The number of rotatable bonds is 2. The molecule has 1 amide bonds. The molecule has 2 aliphatic carbocycles. The molecule has 0 atom stereocenters. The van der Waals surface area contributed by atoms with Crippen LogP contribution in [0.5, 0.6) is 0 Å². The molecule has 17 heavy (non-hydrogen) atoms. The van der Waals surface area contributed by atoms with Gasteiger partial charge in [-0.15, -0.1) is 0 Å². The van der Waals surface area contributed by atoms with Gasteiger partial charge in [-0.25, -0.2) is 0 Å². The molecule has 2 rings (SSSR count). The number of carbonyl (C=O) groups is 1. The molecule has 0 heterocycles. The molecule has 94 valence electrons. The Morgan fingerprint density at radius 2 is 1.65 bits per heavy atom. The molecule has 0 aromatic carbocycles. The summed E-state index contributed by atoms with van der Waals surface area (Å²) in [6.45, 7) is 0. The van der Waals surface area contributed by atoms with Gasteiger partial charge < -0.3 is 5.32 Å². The maximum Gasteiger partial charge on any atom is 0.240 e. The van der Waals surface area contributed by atoms with Gasteiger partial charge in [0, 0.05) is 6.04 Å². The minimum Gasteiger partial charge on any atom is -0.352 e. The van der Waals surface area contributed by atoms with E-state index < -0.39 is 5.41 Å². The lowest BCUT2D eigenvalue weighted by Crippen LogP contribution is -2.46. The van der Waals surface area contributed by atoms with Crippen LogP contribution in [-0.2, 0) is 4.79 Å². The molecular weight excluding hydrogens is 212 g/mol. The van der Waals surface area contributed by atoms with Crippen LogP contribution < -0.4 is 5.32 Å². The van der Waals surface area contributed by atoms with E-state index in [0.717, 1.165) is 38.5 Å². The van der Waals surface area contributed by atoms with E-state index in [0.29, 0.717) is 6.04 Å². The molecule has 0 aliphatic heterocycles. The highest BCUT2D eigenvalue weighted by Crippen LogP contribution is 2.36. The topological polar surface area (TPSA) is 52.9 Å². The zero-order valence-corrected chi connectivity index (χ0v) is 10.5. The minimum atomic E-state index is -0.713. The normalized spacial score (nSPS) is 24.9.